The molecule has 0 aliphatic heterocycles. The highest BCUT2D eigenvalue weighted by Gasteiger charge is 2.09. The summed E-state index contributed by atoms with van der Waals surface area (Å²) in [5.41, 5.74) is 0.534. The lowest BCUT2D eigenvalue weighted by molar-refractivity contribution is 0.199. The molecule has 3 N–H and O–H groups in total. The van der Waals surface area contributed by atoms with Crippen LogP contribution in [0.1, 0.15) is 18.6 Å². The maximum atomic E-state index is 10.9. The Hall–Kier alpha value is -0.910. The molecule has 0 aliphatic carbocycles. The predicted molar refractivity (Wildman–Crippen MR) is 48.4 cm³/mol. The lowest BCUT2D eigenvalue weighted by atomic mass is 10.1. The Balaban J connectivity index is 3.21. The van der Waals surface area contributed by atoms with Gasteiger partial charge in [0, 0.05) is 0 Å². The molecule has 1 atom stereocenters. The van der Waals surface area contributed by atoms with Gasteiger partial charge in [-0.2, -0.15) is 0 Å². The molecule has 0 saturated heterocycles. The largest absolute Gasteiger partial charge is 0.389 e. The first-order valence-corrected chi connectivity index (χ1v) is 5.27. The number of aliphatic hydroxyl groups is 1. The third-order valence-electron chi connectivity index (χ3n) is 1.67. The number of hydrogen-bond donors (Lipinski definition) is 2. The summed E-state index contributed by atoms with van der Waals surface area (Å²) in [7, 11) is -3.67. The molecule has 4 nitrogen and oxygen atoms in total. The summed E-state index contributed by atoms with van der Waals surface area (Å²) in [5.74, 6) is 0. The van der Waals surface area contributed by atoms with Gasteiger partial charge in [-0.3, -0.25) is 0 Å². The quantitative estimate of drug-likeness (QED) is 0.726. The van der Waals surface area contributed by atoms with Crippen molar-refractivity contribution < 1.29 is 13.5 Å². The van der Waals surface area contributed by atoms with Crippen molar-refractivity contribution >= 4 is 10.0 Å². The fourth-order valence-corrected chi connectivity index (χ4v) is 1.52. The number of aliphatic hydroxyl groups excluding tert-OH is 1. The van der Waals surface area contributed by atoms with Gasteiger partial charge in [0.05, 0.1) is 11.0 Å². The number of sulfonamides is 1. The number of nitrogens with two attached hydrogens (primary N) is 1. The smallest absolute Gasteiger partial charge is 0.238 e. The first kappa shape index (κ1) is 10.2. The molecule has 0 bridgehead atoms. The third-order valence-corrected chi connectivity index (χ3v) is 2.58. The van der Waals surface area contributed by atoms with Crippen LogP contribution in [0.2, 0.25) is 0 Å². The molecule has 0 saturated carbocycles. The van der Waals surface area contributed by atoms with Crippen LogP contribution >= 0.6 is 0 Å². The molecule has 72 valence electrons. The van der Waals surface area contributed by atoms with Gasteiger partial charge in [-0.25, -0.2) is 13.6 Å². The maximum Gasteiger partial charge on any atom is 0.238 e. The van der Waals surface area contributed by atoms with Crippen molar-refractivity contribution in [3.8, 4) is 0 Å². The Morgan fingerprint density at radius 1 is 1.46 bits per heavy atom. The number of hydrogen-bond acceptors (Lipinski definition) is 3. The SMILES string of the molecule is C[C@H](O)c1cccc(S(N)(=O)=O)c1. The fourth-order valence-electron chi connectivity index (χ4n) is 0.951. The van der Waals surface area contributed by atoms with Crippen LogP contribution < -0.4 is 5.14 Å². The highest BCUT2D eigenvalue weighted by Crippen LogP contribution is 2.15. The Morgan fingerprint density at radius 2 is 2.08 bits per heavy atom. The molecular weight excluding hydrogens is 190 g/mol. The van der Waals surface area contributed by atoms with Crippen LogP contribution in [-0.4, -0.2) is 13.5 Å². The van der Waals surface area contributed by atoms with E-state index in [1.165, 1.54) is 12.1 Å². The Morgan fingerprint density at radius 3 is 2.54 bits per heavy atom. The van der Waals surface area contributed by atoms with E-state index in [1.807, 2.05) is 0 Å². The molecular formula is C8H11NO3S. The summed E-state index contributed by atoms with van der Waals surface area (Å²) < 4.78 is 21.8. The van der Waals surface area contributed by atoms with Crippen LogP contribution in [0.3, 0.4) is 0 Å². The summed E-state index contributed by atoms with van der Waals surface area (Å²) in [6.45, 7) is 1.56. The van der Waals surface area contributed by atoms with Crippen LogP contribution in [0.5, 0.6) is 0 Å². The molecule has 0 spiro atoms. The Bertz CT molecular complexity index is 398. The second-order valence-corrected chi connectivity index (χ2v) is 4.35. The summed E-state index contributed by atoms with van der Waals surface area (Å²) in [6.07, 6.45) is -0.693. The van der Waals surface area contributed by atoms with Crippen molar-refractivity contribution in [3.63, 3.8) is 0 Å². The van der Waals surface area contributed by atoms with Crippen LogP contribution in [0.25, 0.3) is 0 Å². The van der Waals surface area contributed by atoms with Gasteiger partial charge in [0.2, 0.25) is 10.0 Å². The van der Waals surface area contributed by atoms with Gasteiger partial charge in [0.25, 0.3) is 0 Å². The maximum absolute atomic E-state index is 10.9. The van der Waals surface area contributed by atoms with E-state index in [-0.39, 0.29) is 4.90 Å². The Kier molecular flexibility index (Phi) is 2.70. The fraction of sp³-hybridized carbons (Fsp3) is 0.250. The van der Waals surface area contributed by atoms with Crippen molar-refractivity contribution in [1.82, 2.24) is 0 Å². The number of primary sulfonamides is 1. The van der Waals surface area contributed by atoms with Gasteiger partial charge in [-0.15, -0.1) is 0 Å². The number of benzene rings is 1. The van der Waals surface area contributed by atoms with Crippen molar-refractivity contribution in [2.45, 2.75) is 17.9 Å². The molecule has 0 aliphatic rings. The summed E-state index contributed by atoms with van der Waals surface area (Å²) in [4.78, 5) is 0.0194. The standard InChI is InChI=1S/C8H11NO3S/c1-6(10)7-3-2-4-8(5-7)13(9,11)12/h2-6,10H,1H3,(H2,9,11,12)/t6-/m0/s1. The molecule has 1 rings (SSSR count). The summed E-state index contributed by atoms with van der Waals surface area (Å²) in [6, 6.07) is 5.93. The van der Waals surface area contributed by atoms with Crippen LogP contribution in [0.15, 0.2) is 29.2 Å². The second kappa shape index (κ2) is 3.45. The van der Waals surface area contributed by atoms with Crippen molar-refractivity contribution in [1.29, 1.82) is 0 Å². The van der Waals surface area contributed by atoms with Gasteiger partial charge in [-0.1, -0.05) is 12.1 Å². The van der Waals surface area contributed by atoms with E-state index in [9.17, 15) is 13.5 Å². The van der Waals surface area contributed by atoms with Crippen LogP contribution in [0.4, 0.5) is 0 Å². The van der Waals surface area contributed by atoms with Crippen molar-refractivity contribution in [3.05, 3.63) is 29.8 Å². The average molecular weight is 201 g/mol. The zero-order valence-electron chi connectivity index (χ0n) is 7.14. The monoisotopic (exact) mass is 201 g/mol. The van der Waals surface area contributed by atoms with E-state index in [0.29, 0.717) is 5.56 Å². The minimum atomic E-state index is -3.67. The van der Waals surface area contributed by atoms with E-state index < -0.39 is 16.1 Å². The lowest BCUT2D eigenvalue weighted by Crippen LogP contribution is -2.12. The molecule has 0 radical (unpaired) electrons. The molecule has 0 amide bonds. The molecule has 0 unspecified atom stereocenters. The lowest BCUT2D eigenvalue weighted by Gasteiger charge is -2.05. The highest BCUT2D eigenvalue weighted by molar-refractivity contribution is 7.89. The van der Waals surface area contributed by atoms with Gasteiger partial charge in [0.1, 0.15) is 0 Å². The van der Waals surface area contributed by atoms with E-state index in [2.05, 4.69) is 0 Å². The molecule has 0 heterocycles. The zero-order valence-corrected chi connectivity index (χ0v) is 7.95. The van der Waals surface area contributed by atoms with Crippen molar-refractivity contribution in [2.24, 2.45) is 5.14 Å². The molecule has 0 aromatic heterocycles. The predicted octanol–water partition coefficient (Wildman–Crippen LogP) is 0.387. The average Bonchev–Trinajstić information content (AvgIpc) is 2.03. The molecule has 0 fully saturated rings. The van der Waals surface area contributed by atoms with E-state index in [0.717, 1.165) is 0 Å². The molecule has 13 heavy (non-hydrogen) atoms. The van der Waals surface area contributed by atoms with Gasteiger partial charge < -0.3 is 5.11 Å². The normalized spacial score (nSPS) is 14.1. The van der Waals surface area contributed by atoms with Gasteiger partial charge in [0.15, 0.2) is 0 Å². The Labute approximate surface area is 77.1 Å². The first-order chi connectivity index (χ1) is 5.91. The summed E-state index contributed by atoms with van der Waals surface area (Å²) in [5, 5.41) is 14.1. The van der Waals surface area contributed by atoms with Crippen LogP contribution in [-0.2, 0) is 10.0 Å². The number of rotatable bonds is 2. The highest BCUT2D eigenvalue weighted by atomic mass is 32.2. The molecule has 5 heteroatoms. The van der Waals surface area contributed by atoms with E-state index >= 15 is 0 Å². The van der Waals surface area contributed by atoms with Gasteiger partial charge >= 0.3 is 0 Å². The second-order valence-electron chi connectivity index (χ2n) is 2.79. The summed E-state index contributed by atoms with van der Waals surface area (Å²) >= 11 is 0. The third kappa shape index (κ3) is 2.51. The van der Waals surface area contributed by atoms with Crippen LogP contribution in [0, 0.1) is 0 Å². The first-order valence-electron chi connectivity index (χ1n) is 3.72. The topological polar surface area (TPSA) is 80.4 Å². The molecule has 1 aromatic rings. The van der Waals surface area contributed by atoms with E-state index in [1.54, 1.807) is 19.1 Å². The van der Waals surface area contributed by atoms with Crippen molar-refractivity contribution in [2.75, 3.05) is 0 Å². The minimum absolute atomic E-state index is 0.0194. The van der Waals surface area contributed by atoms with Gasteiger partial charge in [-0.05, 0) is 24.6 Å². The van der Waals surface area contributed by atoms with E-state index in [4.69, 9.17) is 5.14 Å². The zero-order chi connectivity index (χ0) is 10.1. The minimum Gasteiger partial charge on any atom is -0.389 e. The molecule has 1 aromatic carbocycles.